The minimum Gasteiger partial charge on any atom is -0.490 e. The molecule has 4 aromatic carbocycles. The zero-order valence-electron chi connectivity index (χ0n) is 23.9. The number of fused-ring (bicyclic) bond motifs is 1. The molecular formula is C34H30ClN3O5. The molecule has 43 heavy (non-hydrogen) atoms. The van der Waals surface area contributed by atoms with Crippen molar-refractivity contribution < 1.29 is 23.8 Å². The molecule has 218 valence electrons. The van der Waals surface area contributed by atoms with Crippen LogP contribution in [0.2, 0.25) is 5.02 Å². The highest BCUT2D eigenvalue weighted by Gasteiger charge is 2.21. The molecular weight excluding hydrogens is 566 g/mol. The molecule has 0 unspecified atom stereocenters. The van der Waals surface area contributed by atoms with Gasteiger partial charge in [-0.05, 0) is 62.7 Å². The van der Waals surface area contributed by atoms with Crippen molar-refractivity contribution in [1.82, 2.24) is 10.4 Å². The molecule has 0 bridgehead atoms. The van der Waals surface area contributed by atoms with Crippen LogP contribution in [-0.2, 0) is 0 Å². The van der Waals surface area contributed by atoms with Crippen molar-refractivity contribution >= 4 is 40.6 Å². The zero-order chi connectivity index (χ0) is 30.3. The number of nitrogens with zero attached hydrogens (tertiary/aromatic N) is 1. The largest absolute Gasteiger partial charge is 0.490 e. The van der Waals surface area contributed by atoms with Crippen LogP contribution in [0, 0.1) is 6.92 Å². The van der Waals surface area contributed by atoms with E-state index in [1.807, 2.05) is 57.2 Å². The first-order chi connectivity index (χ1) is 20.9. The summed E-state index contributed by atoms with van der Waals surface area (Å²) in [4.78, 5) is 29.7. The Bertz CT molecular complexity index is 1830. The van der Waals surface area contributed by atoms with Crippen LogP contribution >= 0.6 is 11.6 Å². The number of carbonyl (C=O) groups excluding carboxylic acids is 2. The number of ether oxygens (including phenoxy) is 3. The van der Waals surface area contributed by atoms with Crippen molar-refractivity contribution in [3.63, 3.8) is 0 Å². The molecule has 0 aliphatic rings. The highest BCUT2D eigenvalue weighted by molar-refractivity contribution is 6.34. The molecule has 9 heteroatoms. The van der Waals surface area contributed by atoms with Crippen molar-refractivity contribution in [3.8, 4) is 28.4 Å². The molecule has 0 spiro atoms. The van der Waals surface area contributed by atoms with Crippen LogP contribution in [0.5, 0.6) is 17.2 Å². The fraction of sp³-hybridized carbons (Fsp3) is 0.147. The third-order valence-electron chi connectivity index (χ3n) is 6.68. The standard InChI is InChI=1S/C34H30ClN3O5/c1-4-41-28-18-17-22(19-29(28)42-5-2)34(40)43-27-16-9-6-12-23(27)20-36-38-33(39)32-30(24-13-7-8-15-26(24)35)25-14-10-11-21(3)31(25)37-32/h6-20,37H,4-5H2,1-3H3,(H,38,39). The summed E-state index contributed by atoms with van der Waals surface area (Å²) < 4.78 is 16.9. The number of rotatable bonds is 10. The number of aromatic amines is 1. The van der Waals surface area contributed by atoms with E-state index in [4.69, 9.17) is 25.8 Å². The summed E-state index contributed by atoms with van der Waals surface area (Å²) >= 11 is 6.54. The lowest BCUT2D eigenvalue weighted by molar-refractivity contribution is 0.0733. The number of hydrogen-bond acceptors (Lipinski definition) is 6. The topological polar surface area (TPSA) is 102 Å². The lowest BCUT2D eigenvalue weighted by Crippen LogP contribution is -2.19. The van der Waals surface area contributed by atoms with E-state index >= 15 is 0 Å². The van der Waals surface area contributed by atoms with Crippen molar-refractivity contribution in [3.05, 3.63) is 112 Å². The summed E-state index contributed by atoms with van der Waals surface area (Å²) in [6, 6.07) is 25.0. The Morgan fingerprint density at radius 2 is 1.63 bits per heavy atom. The molecule has 1 aromatic heterocycles. The molecule has 0 aliphatic carbocycles. The Morgan fingerprint density at radius 1 is 0.884 bits per heavy atom. The Hall–Kier alpha value is -5.08. The Morgan fingerprint density at radius 3 is 2.42 bits per heavy atom. The van der Waals surface area contributed by atoms with Crippen molar-refractivity contribution in [1.29, 1.82) is 0 Å². The summed E-state index contributed by atoms with van der Waals surface area (Å²) in [5.41, 5.74) is 6.96. The van der Waals surface area contributed by atoms with Gasteiger partial charge in [0, 0.05) is 32.6 Å². The second-order valence-electron chi connectivity index (χ2n) is 9.51. The van der Waals surface area contributed by atoms with Crippen LogP contribution in [0.15, 0.2) is 90.0 Å². The first kappa shape index (κ1) is 29.4. The number of hydrazone groups is 1. The number of amides is 1. The van der Waals surface area contributed by atoms with E-state index in [-0.39, 0.29) is 5.75 Å². The number of nitrogens with one attached hydrogen (secondary N) is 2. The number of para-hydroxylation sites is 2. The maximum atomic E-state index is 13.4. The number of aryl methyl sites for hydroxylation is 1. The lowest BCUT2D eigenvalue weighted by atomic mass is 10.0. The van der Waals surface area contributed by atoms with Crippen LogP contribution in [0.4, 0.5) is 0 Å². The number of hydrogen-bond donors (Lipinski definition) is 2. The predicted octanol–water partition coefficient (Wildman–Crippen LogP) is 7.58. The molecule has 0 radical (unpaired) electrons. The summed E-state index contributed by atoms with van der Waals surface area (Å²) in [6.07, 6.45) is 1.42. The minimum atomic E-state index is -0.577. The molecule has 0 aliphatic heterocycles. The minimum absolute atomic E-state index is 0.273. The third kappa shape index (κ3) is 6.39. The summed E-state index contributed by atoms with van der Waals surface area (Å²) in [7, 11) is 0. The molecule has 0 fully saturated rings. The average molecular weight is 596 g/mol. The van der Waals surface area contributed by atoms with E-state index in [1.54, 1.807) is 48.5 Å². The van der Waals surface area contributed by atoms with Crippen molar-refractivity contribution in [2.45, 2.75) is 20.8 Å². The van der Waals surface area contributed by atoms with Gasteiger partial charge in [0.05, 0.1) is 25.0 Å². The van der Waals surface area contributed by atoms with Gasteiger partial charge in [0.25, 0.3) is 5.91 Å². The molecule has 5 aromatic rings. The van der Waals surface area contributed by atoms with Crippen molar-refractivity contribution in [2.75, 3.05) is 13.2 Å². The van der Waals surface area contributed by atoms with Gasteiger partial charge in [-0.25, -0.2) is 10.2 Å². The second-order valence-corrected chi connectivity index (χ2v) is 9.91. The fourth-order valence-electron chi connectivity index (χ4n) is 4.71. The first-order valence-electron chi connectivity index (χ1n) is 13.8. The van der Waals surface area contributed by atoms with E-state index in [1.165, 1.54) is 6.21 Å². The van der Waals surface area contributed by atoms with Crippen molar-refractivity contribution in [2.24, 2.45) is 5.10 Å². The summed E-state index contributed by atoms with van der Waals surface area (Å²) in [5.74, 6) is 0.253. The summed E-state index contributed by atoms with van der Waals surface area (Å²) in [6.45, 7) is 6.58. The van der Waals surface area contributed by atoms with Gasteiger partial charge in [-0.2, -0.15) is 5.10 Å². The number of aromatic nitrogens is 1. The van der Waals surface area contributed by atoms with Gasteiger partial charge in [0.15, 0.2) is 11.5 Å². The number of esters is 1. The van der Waals surface area contributed by atoms with Crippen LogP contribution in [0.1, 0.15) is 45.8 Å². The van der Waals surface area contributed by atoms with Crippen LogP contribution in [0.3, 0.4) is 0 Å². The average Bonchev–Trinajstić information content (AvgIpc) is 3.40. The number of benzene rings is 4. The SMILES string of the molecule is CCOc1ccc(C(=O)Oc2ccccc2C=NNC(=O)c2[nH]c3c(C)cccc3c2-c2ccccc2Cl)cc1OCC. The van der Waals surface area contributed by atoms with E-state index in [0.29, 0.717) is 52.1 Å². The smallest absolute Gasteiger partial charge is 0.343 e. The normalized spacial score (nSPS) is 11.1. The molecule has 2 N–H and O–H groups in total. The van der Waals surface area contributed by atoms with Gasteiger partial charge in [-0.15, -0.1) is 0 Å². The number of carbonyl (C=O) groups is 2. The van der Waals surface area contributed by atoms with E-state index < -0.39 is 11.9 Å². The molecule has 1 heterocycles. The van der Waals surface area contributed by atoms with E-state index in [9.17, 15) is 9.59 Å². The highest BCUT2D eigenvalue weighted by atomic mass is 35.5. The van der Waals surface area contributed by atoms with Gasteiger partial charge in [-0.1, -0.05) is 60.1 Å². The lowest BCUT2D eigenvalue weighted by Gasteiger charge is -2.12. The number of H-pyrrole nitrogens is 1. The van der Waals surface area contributed by atoms with E-state index in [0.717, 1.165) is 22.0 Å². The maximum Gasteiger partial charge on any atom is 0.343 e. The second kappa shape index (κ2) is 13.3. The van der Waals surface area contributed by atoms with Crippen LogP contribution in [-0.4, -0.2) is 36.3 Å². The summed E-state index contributed by atoms with van der Waals surface area (Å²) in [5, 5.41) is 5.58. The Kier molecular flexibility index (Phi) is 9.08. The van der Waals surface area contributed by atoms with Crippen LogP contribution in [0.25, 0.3) is 22.0 Å². The van der Waals surface area contributed by atoms with Gasteiger partial charge < -0.3 is 19.2 Å². The quantitative estimate of drug-likeness (QED) is 0.0750. The monoisotopic (exact) mass is 595 g/mol. The maximum absolute atomic E-state index is 13.4. The Balaban J connectivity index is 1.38. The third-order valence-corrected chi connectivity index (χ3v) is 7.01. The zero-order valence-corrected chi connectivity index (χ0v) is 24.7. The fourth-order valence-corrected chi connectivity index (χ4v) is 4.94. The van der Waals surface area contributed by atoms with Gasteiger partial charge in [0.2, 0.25) is 0 Å². The number of halogens is 1. The molecule has 0 saturated carbocycles. The van der Waals surface area contributed by atoms with Crippen LogP contribution < -0.4 is 19.6 Å². The molecule has 8 nitrogen and oxygen atoms in total. The Labute approximate surface area is 254 Å². The highest BCUT2D eigenvalue weighted by Crippen LogP contribution is 2.37. The van der Waals surface area contributed by atoms with Gasteiger partial charge >= 0.3 is 5.97 Å². The molecule has 0 saturated heterocycles. The predicted molar refractivity (Wildman–Crippen MR) is 169 cm³/mol. The van der Waals surface area contributed by atoms with E-state index in [2.05, 4.69) is 15.5 Å². The van der Waals surface area contributed by atoms with Gasteiger partial charge in [0.1, 0.15) is 11.4 Å². The molecule has 1 amide bonds. The van der Waals surface area contributed by atoms with Gasteiger partial charge in [-0.3, -0.25) is 4.79 Å². The molecule has 5 rings (SSSR count). The molecule has 0 atom stereocenters. The first-order valence-corrected chi connectivity index (χ1v) is 14.2.